The summed E-state index contributed by atoms with van der Waals surface area (Å²) in [7, 11) is 0. The molecule has 17 heavy (non-hydrogen) atoms. The van der Waals surface area contributed by atoms with Crippen molar-refractivity contribution < 1.29 is 13.5 Å². The van der Waals surface area contributed by atoms with Crippen molar-refractivity contribution in [1.82, 2.24) is 5.32 Å². The number of ether oxygens (including phenoxy) is 1. The number of hydrogen-bond acceptors (Lipinski definition) is 2. The third-order valence-corrected chi connectivity index (χ3v) is 2.34. The molecule has 96 valence electrons. The lowest BCUT2D eigenvalue weighted by Crippen LogP contribution is -2.32. The minimum absolute atomic E-state index is 0.0224. The number of rotatable bonds is 8. The molecule has 0 amide bonds. The molecule has 0 aromatic heterocycles. The largest absolute Gasteiger partial charge is 0.379 e. The first kappa shape index (κ1) is 14.4. The smallest absolute Gasteiger partial charge is 0.285 e. The lowest BCUT2D eigenvalue weighted by Gasteiger charge is -2.17. The predicted octanol–water partition coefficient (Wildman–Crippen LogP) is 2.62. The van der Waals surface area contributed by atoms with Gasteiger partial charge in [-0.15, -0.1) is 11.6 Å². The van der Waals surface area contributed by atoms with Crippen LogP contribution < -0.4 is 5.32 Å². The average Bonchev–Trinajstić information content (AvgIpc) is 2.35. The van der Waals surface area contributed by atoms with Crippen LogP contribution in [-0.2, 0) is 10.7 Å². The lowest BCUT2D eigenvalue weighted by molar-refractivity contribution is -0.00455. The summed E-state index contributed by atoms with van der Waals surface area (Å²) < 4.78 is 32.3. The Labute approximate surface area is 105 Å². The minimum atomic E-state index is -2.85. The molecule has 1 aromatic carbocycles. The van der Waals surface area contributed by atoms with Crippen LogP contribution in [-0.4, -0.2) is 32.2 Å². The summed E-state index contributed by atoms with van der Waals surface area (Å²) in [6.07, 6.45) is 0. The Morgan fingerprint density at radius 3 is 2.53 bits per heavy atom. The maximum absolute atomic E-state index is 13.6. The fourth-order valence-electron chi connectivity index (χ4n) is 1.33. The second kappa shape index (κ2) is 7.58. The van der Waals surface area contributed by atoms with Crippen molar-refractivity contribution >= 4 is 11.6 Å². The van der Waals surface area contributed by atoms with Crippen LogP contribution >= 0.6 is 11.6 Å². The Hall–Kier alpha value is -0.710. The summed E-state index contributed by atoms with van der Waals surface area (Å²) in [6, 6.07) is 7.77. The van der Waals surface area contributed by atoms with Gasteiger partial charge in [0.25, 0.3) is 5.92 Å². The van der Waals surface area contributed by atoms with Crippen LogP contribution in [0.25, 0.3) is 0 Å². The molecule has 0 radical (unpaired) electrons. The quantitative estimate of drug-likeness (QED) is 0.575. The van der Waals surface area contributed by atoms with E-state index in [1.807, 2.05) is 0 Å². The monoisotopic (exact) mass is 263 g/mol. The molecular weight excluding hydrogens is 248 g/mol. The van der Waals surface area contributed by atoms with E-state index < -0.39 is 5.92 Å². The second-order valence-corrected chi connectivity index (χ2v) is 3.93. The molecule has 0 atom stereocenters. The zero-order valence-electron chi connectivity index (χ0n) is 9.46. The maximum Gasteiger partial charge on any atom is 0.285 e. The summed E-state index contributed by atoms with van der Waals surface area (Å²) in [5, 5.41) is 2.66. The number of benzene rings is 1. The van der Waals surface area contributed by atoms with Crippen LogP contribution in [0.2, 0.25) is 0 Å². The van der Waals surface area contributed by atoms with Crippen LogP contribution in [0, 0.1) is 0 Å². The fourth-order valence-corrected chi connectivity index (χ4v) is 1.44. The van der Waals surface area contributed by atoms with Gasteiger partial charge in [0.15, 0.2) is 0 Å². The van der Waals surface area contributed by atoms with Gasteiger partial charge in [-0.1, -0.05) is 30.3 Å². The van der Waals surface area contributed by atoms with E-state index in [1.165, 1.54) is 12.1 Å². The van der Waals surface area contributed by atoms with E-state index in [1.54, 1.807) is 18.2 Å². The van der Waals surface area contributed by atoms with Crippen LogP contribution in [0.1, 0.15) is 5.56 Å². The van der Waals surface area contributed by atoms with E-state index in [0.717, 1.165) is 0 Å². The number of alkyl halides is 3. The Balaban J connectivity index is 2.26. The van der Waals surface area contributed by atoms with Gasteiger partial charge in [-0.05, 0) is 0 Å². The number of nitrogens with one attached hydrogen (secondary N) is 1. The highest BCUT2D eigenvalue weighted by atomic mass is 35.5. The van der Waals surface area contributed by atoms with Gasteiger partial charge in [-0.25, -0.2) is 0 Å². The first-order valence-corrected chi connectivity index (χ1v) is 5.98. The Morgan fingerprint density at radius 1 is 1.18 bits per heavy atom. The zero-order chi connectivity index (χ0) is 12.6. The van der Waals surface area contributed by atoms with E-state index in [0.29, 0.717) is 25.6 Å². The van der Waals surface area contributed by atoms with E-state index in [-0.39, 0.29) is 12.1 Å². The summed E-state index contributed by atoms with van der Waals surface area (Å²) in [6.45, 7) is 0.830. The Kier molecular flexibility index (Phi) is 6.40. The van der Waals surface area contributed by atoms with Gasteiger partial charge in [0, 0.05) is 18.0 Å². The van der Waals surface area contributed by atoms with Gasteiger partial charge in [0.05, 0.1) is 19.8 Å². The van der Waals surface area contributed by atoms with Gasteiger partial charge in [0.2, 0.25) is 0 Å². The first-order chi connectivity index (χ1) is 8.17. The molecule has 0 fully saturated rings. The van der Waals surface area contributed by atoms with Gasteiger partial charge < -0.3 is 10.1 Å². The van der Waals surface area contributed by atoms with Crippen LogP contribution in [0.4, 0.5) is 8.78 Å². The van der Waals surface area contributed by atoms with Gasteiger partial charge >= 0.3 is 0 Å². The Morgan fingerprint density at radius 2 is 1.88 bits per heavy atom. The SMILES string of the molecule is FC(F)(CNCCOCCCl)c1ccccc1. The van der Waals surface area contributed by atoms with Gasteiger partial charge in [-0.3, -0.25) is 0 Å². The van der Waals surface area contributed by atoms with E-state index in [9.17, 15) is 8.78 Å². The molecule has 0 saturated carbocycles. The standard InChI is InChI=1S/C12H16ClF2NO/c13-6-8-17-9-7-16-10-12(14,15)11-4-2-1-3-5-11/h1-5,16H,6-10H2. The molecule has 1 rings (SSSR count). The summed E-state index contributed by atoms with van der Waals surface area (Å²) in [5.74, 6) is -2.44. The molecule has 2 nitrogen and oxygen atoms in total. The normalized spacial score (nSPS) is 11.7. The lowest BCUT2D eigenvalue weighted by atomic mass is 10.1. The highest BCUT2D eigenvalue weighted by Gasteiger charge is 2.30. The fraction of sp³-hybridized carbons (Fsp3) is 0.500. The highest BCUT2D eigenvalue weighted by Crippen LogP contribution is 2.26. The zero-order valence-corrected chi connectivity index (χ0v) is 10.2. The van der Waals surface area contributed by atoms with E-state index >= 15 is 0 Å². The van der Waals surface area contributed by atoms with Crippen LogP contribution in [0.3, 0.4) is 0 Å². The van der Waals surface area contributed by atoms with E-state index in [4.69, 9.17) is 16.3 Å². The third-order valence-electron chi connectivity index (χ3n) is 2.19. The molecular formula is C12H16ClF2NO. The van der Waals surface area contributed by atoms with Crippen molar-refractivity contribution in [3.63, 3.8) is 0 Å². The molecule has 0 aliphatic rings. The summed E-state index contributed by atoms with van der Waals surface area (Å²) in [5.41, 5.74) is 0.0224. The van der Waals surface area contributed by atoms with Crippen molar-refractivity contribution in [3.8, 4) is 0 Å². The minimum Gasteiger partial charge on any atom is -0.379 e. The molecule has 0 unspecified atom stereocenters. The van der Waals surface area contributed by atoms with Crippen molar-refractivity contribution in [1.29, 1.82) is 0 Å². The van der Waals surface area contributed by atoms with Crippen LogP contribution in [0.15, 0.2) is 30.3 Å². The predicted molar refractivity (Wildman–Crippen MR) is 64.7 cm³/mol. The molecule has 5 heteroatoms. The number of hydrogen-bond donors (Lipinski definition) is 1. The molecule has 0 saturated heterocycles. The topological polar surface area (TPSA) is 21.3 Å². The molecule has 0 heterocycles. The molecule has 0 bridgehead atoms. The van der Waals surface area contributed by atoms with E-state index in [2.05, 4.69) is 5.32 Å². The van der Waals surface area contributed by atoms with Crippen LogP contribution in [0.5, 0.6) is 0 Å². The molecule has 1 aromatic rings. The Bertz CT molecular complexity index is 309. The summed E-state index contributed by atoms with van der Waals surface area (Å²) in [4.78, 5) is 0. The average molecular weight is 264 g/mol. The second-order valence-electron chi connectivity index (χ2n) is 3.55. The van der Waals surface area contributed by atoms with Crippen molar-refractivity contribution in [3.05, 3.63) is 35.9 Å². The van der Waals surface area contributed by atoms with Crippen molar-refractivity contribution in [2.24, 2.45) is 0 Å². The van der Waals surface area contributed by atoms with Crippen molar-refractivity contribution in [2.75, 3.05) is 32.2 Å². The van der Waals surface area contributed by atoms with Gasteiger partial charge in [0.1, 0.15) is 0 Å². The molecule has 0 spiro atoms. The molecule has 0 aliphatic carbocycles. The third kappa shape index (κ3) is 5.44. The maximum atomic E-state index is 13.6. The highest BCUT2D eigenvalue weighted by molar-refractivity contribution is 6.17. The number of halogens is 3. The van der Waals surface area contributed by atoms with Crippen molar-refractivity contribution in [2.45, 2.75) is 5.92 Å². The van der Waals surface area contributed by atoms with Gasteiger partial charge in [-0.2, -0.15) is 8.78 Å². The molecule has 0 aliphatic heterocycles. The first-order valence-electron chi connectivity index (χ1n) is 5.44. The summed E-state index contributed by atoms with van der Waals surface area (Å²) >= 11 is 5.40. The molecule has 1 N–H and O–H groups in total.